The highest BCUT2D eigenvalue weighted by atomic mass is 32.1. The fourth-order valence-electron chi connectivity index (χ4n) is 1.98. The van der Waals surface area contributed by atoms with Crippen molar-refractivity contribution in [3.8, 4) is 0 Å². The first kappa shape index (κ1) is 13.4. The summed E-state index contributed by atoms with van der Waals surface area (Å²) in [5, 5.41) is 14.1. The van der Waals surface area contributed by atoms with E-state index in [4.69, 9.17) is 0 Å². The van der Waals surface area contributed by atoms with Crippen LogP contribution in [0.3, 0.4) is 0 Å². The first-order valence-electron chi connectivity index (χ1n) is 6.26. The molecule has 2 N–H and O–H groups in total. The predicted octanol–water partition coefficient (Wildman–Crippen LogP) is 2.71. The van der Waals surface area contributed by atoms with Crippen LogP contribution in [0.15, 0.2) is 29.9 Å². The molecule has 0 atom stereocenters. The number of anilines is 1. The van der Waals surface area contributed by atoms with Crippen LogP contribution in [0.5, 0.6) is 0 Å². The molecule has 106 valence electrons. The van der Waals surface area contributed by atoms with Crippen LogP contribution in [0, 0.1) is 6.92 Å². The Morgan fingerprint density at radius 2 is 2.24 bits per heavy atom. The minimum Gasteiger partial charge on any atom is -0.476 e. The molecule has 0 aliphatic rings. The van der Waals surface area contributed by atoms with Crippen LogP contribution < -0.4 is 5.32 Å². The van der Waals surface area contributed by atoms with Crippen molar-refractivity contribution in [2.45, 2.75) is 13.5 Å². The predicted molar refractivity (Wildman–Crippen MR) is 80.7 cm³/mol. The summed E-state index contributed by atoms with van der Waals surface area (Å²) < 4.78 is 0.588. The fourth-order valence-corrected chi connectivity index (χ4v) is 2.79. The second-order valence-corrected chi connectivity index (χ2v) is 5.48. The van der Waals surface area contributed by atoms with Crippen LogP contribution in [-0.2, 0) is 6.54 Å². The lowest BCUT2D eigenvalue weighted by Crippen LogP contribution is -2.08. The number of nitrogens with zero attached hydrogens (tertiary/aromatic N) is 3. The van der Waals surface area contributed by atoms with Gasteiger partial charge >= 0.3 is 5.97 Å². The smallest absolute Gasteiger partial charge is 0.356 e. The molecule has 6 nitrogen and oxygen atoms in total. The van der Waals surface area contributed by atoms with Gasteiger partial charge in [0.2, 0.25) is 5.95 Å². The van der Waals surface area contributed by atoms with Gasteiger partial charge in [-0.2, -0.15) is 0 Å². The highest BCUT2D eigenvalue weighted by molar-refractivity contribution is 7.17. The van der Waals surface area contributed by atoms with Gasteiger partial charge < -0.3 is 10.4 Å². The topological polar surface area (TPSA) is 88.0 Å². The van der Waals surface area contributed by atoms with Gasteiger partial charge in [0, 0.05) is 18.9 Å². The van der Waals surface area contributed by atoms with Gasteiger partial charge in [0.15, 0.2) is 5.69 Å². The highest BCUT2D eigenvalue weighted by Crippen LogP contribution is 2.23. The fraction of sp³-hybridized carbons (Fsp3) is 0.143. The molecule has 0 saturated carbocycles. The van der Waals surface area contributed by atoms with Crippen LogP contribution in [0.4, 0.5) is 5.95 Å². The molecule has 3 heterocycles. The second-order valence-electron chi connectivity index (χ2n) is 4.56. The van der Waals surface area contributed by atoms with E-state index in [1.807, 2.05) is 13.0 Å². The molecule has 0 aliphatic carbocycles. The third-order valence-corrected chi connectivity index (χ3v) is 3.80. The van der Waals surface area contributed by atoms with Crippen molar-refractivity contribution in [3.05, 3.63) is 46.7 Å². The van der Waals surface area contributed by atoms with E-state index < -0.39 is 5.97 Å². The number of hydrogen-bond donors (Lipinski definition) is 2. The lowest BCUT2D eigenvalue weighted by molar-refractivity contribution is 0.0693. The summed E-state index contributed by atoms with van der Waals surface area (Å²) in [4.78, 5) is 23.8. The Labute approximate surface area is 124 Å². The number of carbonyl (C=O) groups is 1. The molecule has 0 fully saturated rings. The van der Waals surface area contributed by atoms with Gasteiger partial charge in [-0.15, -0.1) is 11.3 Å². The van der Waals surface area contributed by atoms with E-state index in [1.165, 1.54) is 11.3 Å². The number of aromatic nitrogens is 3. The molecular formula is C14H12N4O2S. The number of thiophene rings is 1. The molecule has 0 amide bonds. The molecular weight excluding hydrogens is 288 g/mol. The zero-order valence-electron chi connectivity index (χ0n) is 11.2. The molecule has 0 aromatic carbocycles. The number of pyridine rings is 1. The molecule has 7 heteroatoms. The number of aromatic carboxylic acids is 1. The molecule has 0 unspecified atom stereocenters. The number of hydrogen-bond acceptors (Lipinski definition) is 6. The van der Waals surface area contributed by atoms with E-state index in [2.05, 4.69) is 20.3 Å². The average Bonchev–Trinajstić information content (AvgIpc) is 2.92. The molecule has 0 saturated heterocycles. The number of carboxylic acids is 1. The van der Waals surface area contributed by atoms with Crippen molar-refractivity contribution in [2.24, 2.45) is 0 Å². The summed E-state index contributed by atoms with van der Waals surface area (Å²) in [6, 6.07) is 3.79. The third-order valence-electron chi connectivity index (χ3n) is 2.89. The lowest BCUT2D eigenvalue weighted by Gasteiger charge is -2.06. The van der Waals surface area contributed by atoms with E-state index in [0.29, 0.717) is 22.7 Å². The van der Waals surface area contributed by atoms with Crippen LogP contribution in [-0.4, -0.2) is 26.0 Å². The molecule has 3 aromatic rings. The summed E-state index contributed by atoms with van der Waals surface area (Å²) in [5.41, 5.74) is 2.72. The number of fused-ring (bicyclic) bond motifs is 1. The van der Waals surface area contributed by atoms with Gasteiger partial charge in [-0.25, -0.2) is 14.8 Å². The summed E-state index contributed by atoms with van der Waals surface area (Å²) in [7, 11) is 0. The summed E-state index contributed by atoms with van der Waals surface area (Å²) >= 11 is 1.32. The van der Waals surface area contributed by atoms with E-state index >= 15 is 0 Å². The molecule has 0 spiro atoms. The van der Waals surface area contributed by atoms with Crippen molar-refractivity contribution in [1.82, 2.24) is 15.0 Å². The van der Waals surface area contributed by atoms with Gasteiger partial charge in [0.25, 0.3) is 0 Å². The molecule has 3 aromatic heterocycles. The maximum atomic E-state index is 11.3. The van der Waals surface area contributed by atoms with Crippen LogP contribution in [0.25, 0.3) is 10.2 Å². The first-order chi connectivity index (χ1) is 10.1. The van der Waals surface area contributed by atoms with Gasteiger partial charge in [0.1, 0.15) is 0 Å². The number of carboxylic acid groups (broad SMARTS) is 1. The standard InChI is InChI=1S/C14H12N4O2S/c1-8-4-9(6-15-5-8)7-16-14-17-10-2-3-21-12(10)11(18-14)13(19)20/h2-6H,7H2,1H3,(H,19,20)(H,16,17,18). The Balaban J connectivity index is 1.88. The number of rotatable bonds is 4. The van der Waals surface area contributed by atoms with Crippen molar-refractivity contribution in [3.63, 3.8) is 0 Å². The Hall–Kier alpha value is -2.54. The summed E-state index contributed by atoms with van der Waals surface area (Å²) in [6.45, 7) is 2.45. The molecule has 0 bridgehead atoms. The van der Waals surface area contributed by atoms with E-state index in [1.54, 1.807) is 23.8 Å². The first-order valence-corrected chi connectivity index (χ1v) is 7.14. The molecule has 3 rings (SSSR count). The zero-order valence-corrected chi connectivity index (χ0v) is 12.0. The van der Waals surface area contributed by atoms with Crippen LogP contribution >= 0.6 is 11.3 Å². The van der Waals surface area contributed by atoms with E-state index in [9.17, 15) is 9.90 Å². The van der Waals surface area contributed by atoms with Crippen molar-refractivity contribution >= 4 is 33.5 Å². The van der Waals surface area contributed by atoms with Crippen molar-refractivity contribution in [1.29, 1.82) is 0 Å². The quantitative estimate of drug-likeness (QED) is 0.770. The molecule has 21 heavy (non-hydrogen) atoms. The zero-order chi connectivity index (χ0) is 14.8. The lowest BCUT2D eigenvalue weighted by atomic mass is 10.2. The molecule has 0 radical (unpaired) electrons. The van der Waals surface area contributed by atoms with Crippen molar-refractivity contribution in [2.75, 3.05) is 5.32 Å². The average molecular weight is 300 g/mol. The minimum atomic E-state index is -1.05. The maximum absolute atomic E-state index is 11.3. The Morgan fingerprint density at radius 1 is 1.38 bits per heavy atom. The van der Waals surface area contributed by atoms with E-state index in [0.717, 1.165) is 11.1 Å². The normalized spacial score (nSPS) is 10.7. The summed E-state index contributed by atoms with van der Waals surface area (Å²) in [5.74, 6) is -0.745. The van der Waals surface area contributed by atoms with Crippen LogP contribution in [0.1, 0.15) is 21.6 Å². The third kappa shape index (κ3) is 2.82. The van der Waals surface area contributed by atoms with Crippen molar-refractivity contribution < 1.29 is 9.90 Å². The van der Waals surface area contributed by atoms with E-state index in [-0.39, 0.29) is 5.69 Å². The number of aryl methyl sites for hydroxylation is 1. The number of nitrogens with one attached hydrogen (secondary N) is 1. The highest BCUT2D eigenvalue weighted by Gasteiger charge is 2.14. The largest absolute Gasteiger partial charge is 0.476 e. The monoisotopic (exact) mass is 300 g/mol. The SMILES string of the molecule is Cc1cncc(CNc2nc(C(=O)O)c3sccc3n2)c1. The van der Waals surface area contributed by atoms with Gasteiger partial charge in [0.05, 0.1) is 10.2 Å². The maximum Gasteiger partial charge on any atom is 0.356 e. The van der Waals surface area contributed by atoms with Gasteiger partial charge in [-0.3, -0.25) is 4.98 Å². The van der Waals surface area contributed by atoms with Crippen LogP contribution in [0.2, 0.25) is 0 Å². The minimum absolute atomic E-state index is 0.0277. The summed E-state index contributed by atoms with van der Waals surface area (Å²) in [6.07, 6.45) is 3.53. The Morgan fingerprint density at radius 3 is 3.00 bits per heavy atom. The van der Waals surface area contributed by atoms with Gasteiger partial charge in [-0.1, -0.05) is 6.07 Å². The Bertz CT molecular complexity index is 816. The second kappa shape index (κ2) is 5.45. The molecule has 0 aliphatic heterocycles. The van der Waals surface area contributed by atoms with Gasteiger partial charge in [-0.05, 0) is 29.5 Å². The Kier molecular flexibility index (Phi) is 3.49.